The summed E-state index contributed by atoms with van der Waals surface area (Å²) in [7, 11) is 0. The van der Waals surface area contributed by atoms with E-state index in [-0.39, 0.29) is 12.0 Å². The van der Waals surface area contributed by atoms with Gasteiger partial charge in [-0.1, -0.05) is 65.3 Å². The molecule has 0 saturated heterocycles. The van der Waals surface area contributed by atoms with Crippen LogP contribution in [0.1, 0.15) is 29.0 Å². The normalized spacial score (nSPS) is 20.3. The summed E-state index contributed by atoms with van der Waals surface area (Å²) < 4.78 is 0. The van der Waals surface area contributed by atoms with E-state index >= 15 is 0 Å². The lowest BCUT2D eigenvalue weighted by atomic mass is 9.83. The molecule has 3 unspecified atom stereocenters. The van der Waals surface area contributed by atoms with Crippen LogP contribution in [0.5, 0.6) is 0 Å². The SMILES string of the molecule is OC(c1ccccn1)C1C(c2ccc(Cl)cc2)=NOC1c1ccccc1. The van der Waals surface area contributed by atoms with Crippen LogP contribution in [0.4, 0.5) is 0 Å². The highest BCUT2D eigenvalue weighted by atomic mass is 35.5. The van der Waals surface area contributed by atoms with Crippen LogP contribution in [-0.2, 0) is 4.84 Å². The fourth-order valence-electron chi connectivity index (χ4n) is 3.21. The van der Waals surface area contributed by atoms with Gasteiger partial charge in [0.05, 0.1) is 17.3 Å². The van der Waals surface area contributed by atoms with Gasteiger partial charge in [-0.15, -0.1) is 0 Å². The van der Waals surface area contributed by atoms with E-state index in [1.54, 1.807) is 18.3 Å². The molecule has 130 valence electrons. The minimum Gasteiger partial charge on any atom is -0.387 e. The number of pyridine rings is 1. The number of oxime groups is 1. The maximum atomic E-state index is 11.1. The first-order chi connectivity index (χ1) is 12.7. The molecule has 4 nitrogen and oxygen atoms in total. The van der Waals surface area contributed by atoms with Gasteiger partial charge in [0.15, 0.2) is 6.10 Å². The van der Waals surface area contributed by atoms with Crippen molar-refractivity contribution in [3.8, 4) is 0 Å². The van der Waals surface area contributed by atoms with Gasteiger partial charge in [0.2, 0.25) is 0 Å². The van der Waals surface area contributed by atoms with E-state index in [1.807, 2.05) is 60.7 Å². The fourth-order valence-corrected chi connectivity index (χ4v) is 3.34. The van der Waals surface area contributed by atoms with E-state index < -0.39 is 6.10 Å². The van der Waals surface area contributed by atoms with E-state index in [2.05, 4.69) is 10.1 Å². The Kier molecular flexibility index (Phi) is 4.69. The van der Waals surface area contributed by atoms with E-state index in [4.69, 9.17) is 16.4 Å². The maximum Gasteiger partial charge on any atom is 0.163 e. The lowest BCUT2D eigenvalue weighted by Crippen LogP contribution is -2.26. The monoisotopic (exact) mass is 364 g/mol. The van der Waals surface area contributed by atoms with E-state index in [0.717, 1.165) is 11.1 Å². The third-order valence-electron chi connectivity index (χ3n) is 4.51. The Balaban J connectivity index is 1.75. The molecule has 3 atom stereocenters. The number of aliphatic hydroxyl groups excluding tert-OH is 1. The van der Waals surface area contributed by atoms with Gasteiger partial charge < -0.3 is 9.94 Å². The minimum atomic E-state index is -0.849. The number of rotatable bonds is 4. The highest BCUT2D eigenvalue weighted by Gasteiger charge is 2.42. The molecule has 1 aliphatic rings. The number of hydrogen-bond acceptors (Lipinski definition) is 4. The second-order valence-corrected chi connectivity index (χ2v) is 6.58. The lowest BCUT2D eigenvalue weighted by molar-refractivity contribution is 0.0136. The fraction of sp³-hybridized carbons (Fsp3) is 0.143. The second kappa shape index (κ2) is 7.28. The summed E-state index contributed by atoms with van der Waals surface area (Å²) in [4.78, 5) is 10.1. The van der Waals surface area contributed by atoms with Crippen molar-refractivity contribution in [3.63, 3.8) is 0 Å². The number of nitrogens with zero attached hydrogens (tertiary/aromatic N) is 2. The predicted octanol–water partition coefficient (Wildman–Crippen LogP) is 4.56. The molecule has 1 aliphatic heterocycles. The third-order valence-corrected chi connectivity index (χ3v) is 4.76. The van der Waals surface area contributed by atoms with Crippen molar-refractivity contribution in [1.29, 1.82) is 0 Å². The van der Waals surface area contributed by atoms with Crippen molar-refractivity contribution in [2.24, 2.45) is 11.1 Å². The molecule has 0 spiro atoms. The van der Waals surface area contributed by atoms with Gasteiger partial charge in [-0.3, -0.25) is 4.98 Å². The van der Waals surface area contributed by atoms with Gasteiger partial charge >= 0.3 is 0 Å². The molecule has 1 aromatic heterocycles. The number of aromatic nitrogens is 1. The Morgan fingerprint density at radius 3 is 2.35 bits per heavy atom. The summed E-state index contributed by atoms with van der Waals surface area (Å²) in [6, 6.07) is 22.7. The van der Waals surface area contributed by atoms with Crippen LogP contribution in [0.2, 0.25) is 5.02 Å². The molecule has 0 aliphatic carbocycles. The van der Waals surface area contributed by atoms with Crippen molar-refractivity contribution < 1.29 is 9.94 Å². The van der Waals surface area contributed by atoms with Crippen LogP contribution in [0.15, 0.2) is 84.1 Å². The standard InChI is InChI=1S/C21H17ClN2O2/c22-16-11-9-14(10-12-16)19-18(20(25)17-8-4-5-13-23-17)21(26-24-19)15-6-2-1-3-7-15/h1-13,18,20-21,25H. The summed E-state index contributed by atoms with van der Waals surface area (Å²) in [5.41, 5.74) is 3.10. The molecule has 0 saturated carbocycles. The van der Waals surface area contributed by atoms with Crippen LogP contribution in [0.25, 0.3) is 0 Å². The van der Waals surface area contributed by atoms with Crippen LogP contribution < -0.4 is 0 Å². The predicted molar refractivity (Wildman–Crippen MR) is 101 cm³/mol. The summed E-state index contributed by atoms with van der Waals surface area (Å²) in [6.07, 6.45) is 0.433. The molecule has 1 N–H and O–H groups in total. The molecule has 2 heterocycles. The Morgan fingerprint density at radius 1 is 0.923 bits per heavy atom. The summed E-state index contributed by atoms with van der Waals surface area (Å²) in [6.45, 7) is 0. The van der Waals surface area contributed by atoms with Crippen molar-refractivity contribution in [2.45, 2.75) is 12.2 Å². The molecular weight excluding hydrogens is 348 g/mol. The van der Waals surface area contributed by atoms with Gasteiger partial charge in [-0.05, 0) is 35.4 Å². The zero-order valence-electron chi connectivity index (χ0n) is 13.9. The van der Waals surface area contributed by atoms with Crippen LogP contribution in [-0.4, -0.2) is 15.8 Å². The molecule has 26 heavy (non-hydrogen) atoms. The van der Waals surface area contributed by atoms with E-state index in [1.165, 1.54) is 0 Å². The first-order valence-electron chi connectivity index (χ1n) is 8.37. The molecule has 5 heteroatoms. The number of hydrogen-bond donors (Lipinski definition) is 1. The number of halogens is 1. The second-order valence-electron chi connectivity index (χ2n) is 6.15. The Morgan fingerprint density at radius 2 is 1.65 bits per heavy atom. The lowest BCUT2D eigenvalue weighted by Gasteiger charge is -2.24. The van der Waals surface area contributed by atoms with Gasteiger partial charge in [-0.25, -0.2) is 0 Å². The number of benzene rings is 2. The van der Waals surface area contributed by atoms with Crippen molar-refractivity contribution >= 4 is 17.3 Å². The molecular formula is C21H17ClN2O2. The van der Waals surface area contributed by atoms with Crippen LogP contribution >= 0.6 is 11.6 Å². The van der Waals surface area contributed by atoms with Crippen LogP contribution in [0.3, 0.4) is 0 Å². The summed E-state index contributed by atoms with van der Waals surface area (Å²) in [5.74, 6) is -0.381. The maximum absolute atomic E-state index is 11.1. The Bertz CT molecular complexity index is 898. The zero-order valence-corrected chi connectivity index (χ0v) is 14.6. The molecule has 0 amide bonds. The topological polar surface area (TPSA) is 54.7 Å². The smallest absolute Gasteiger partial charge is 0.163 e. The molecule has 4 rings (SSSR count). The largest absolute Gasteiger partial charge is 0.387 e. The van der Waals surface area contributed by atoms with Crippen molar-refractivity contribution in [1.82, 2.24) is 4.98 Å². The number of aliphatic hydroxyl groups is 1. The van der Waals surface area contributed by atoms with E-state index in [9.17, 15) is 5.11 Å². The highest BCUT2D eigenvalue weighted by Crippen LogP contribution is 2.41. The molecule has 0 radical (unpaired) electrons. The van der Waals surface area contributed by atoms with Crippen LogP contribution in [0, 0.1) is 5.92 Å². The highest BCUT2D eigenvalue weighted by molar-refractivity contribution is 6.30. The Hall–Kier alpha value is -2.69. The molecule has 3 aromatic rings. The quantitative estimate of drug-likeness (QED) is 0.738. The Labute approximate surface area is 156 Å². The van der Waals surface area contributed by atoms with Crippen molar-refractivity contribution in [2.75, 3.05) is 0 Å². The van der Waals surface area contributed by atoms with Gasteiger partial charge in [0, 0.05) is 11.2 Å². The zero-order chi connectivity index (χ0) is 17.9. The first kappa shape index (κ1) is 16.8. The molecule has 0 fully saturated rings. The summed E-state index contributed by atoms with van der Waals surface area (Å²) >= 11 is 6.01. The first-order valence-corrected chi connectivity index (χ1v) is 8.75. The van der Waals surface area contributed by atoms with Gasteiger partial charge in [-0.2, -0.15) is 0 Å². The van der Waals surface area contributed by atoms with Gasteiger partial charge in [0.1, 0.15) is 6.10 Å². The third kappa shape index (κ3) is 3.21. The van der Waals surface area contributed by atoms with Crippen molar-refractivity contribution in [3.05, 3.63) is 101 Å². The minimum absolute atomic E-state index is 0.381. The summed E-state index contributed by atoms with van der Waals surface area (Å²) in [5, 5.41) is 16.0. The molecule has 2 aromatic carbocycles. The van der Waals surface area contributed by atoms with Gasteiger partial charge in [0.25, 0.3) is 0 Å². The average Bonchev–Trinajstić information content (AvgIpc) is 3.14. The molecule has 0 bridgehead atoms. The van der Waals surface area contributed by atoms with E-state index in [0.29, 0.717) is 16.4 Å². The average molecular weight is 365 g/mol.